The molecule has 1 aromatic carbocycles. The van der Waals surface area contributed by atoms with Crippen LogP contribution in [0.3, 0.4) is 0 Å². The van der Waals surface area contributed by atoms with E-state index < -0.39 is 0 Å². The molecule has 0 aliphatic carbocycles. The summed E-state index contributed by atoms with van der Waals surface area (Å²) < 4.78 is 1.94. The van der Waals surface area contributed by atoms with E-state index in [0.717, 1.165) is 16.7 Å². The molecule has 0 bridgehead atoms. The first-order valence-corrected chi connectivity index (χ1v) is 8.40. The second kappa shape index (κ2) is 7.66. The number of aromatic nitrogens is 3. The number of carbonyl (C=O) groups excluding carboxylic acids is 1. The quantitative estimate of drug-likeness (QED) is 0.735. The number of rotatable bonds is 3. The Morgan fingerprint density at radius 1 is 1.23 bits per heavy atom. The molecule has 0 radical (unpaired) electrons. The number of nitrogens with zero attached hydrogens (tertiary/aromatic N) is 3. The van der Waals surface area contributed by atoms with Gasteiger partial charge in [-0.05, 0) is 50.6 Å². The number of benzene rings is 1. The minimum Gasteiger partial charge on any atom is -0.333 e. The zero-order chi connectivity index (χ0) is 18.5. The van der Waals surface area contributed by atoms with E-state index in [9.17, 15) is 4.79 Å². The van der Waals surface area contributed by atoms with Crippen LogP contribution in [-0.4, -0.2) is 20.4 Å². The van der Waals surface area contributed by atoms with Crippen LogP contribution in [0.1, 0.15) is 46.9 Å². The Morgan fingerprint density at radius 2 is 2.08 bits per heavy atom. The van der Waals surface area contributed by atoms with Gasteiger partial charge in [-0.2, -0.15) is 0 Å². The fourth-order valence-corrected chi connectivity index (χ4v) is 2.35. The van der Waals surface area contributed by atoms with Crippen molar-refractivity contribution in [2.75, 3.05) is 5.32 Å². The van der Waals surface area contributed by atoms with Crippen molar-refractivity contribution in [3.63, 3.8) is 0 Å². The minimum absolute atomic E-state index is 0.205. The topological polar surface area (TPSA) is 59.8 Å². The monoisotopic (exact) mass is 344 g/mol. The third-order valence-electron chi connectivity index (χ3n) is 3.94. The number of hydrogen-bond donors (Lipinski definition) is 1. The van der Waals surface area contributed by atoms with Crippen molar-refractivity contribution >= 4 is 11.7 Å². The lowest BCUT2D eigenvalue weighted by Crippen LogP contribution is -2.12. The van der Waals surface area contributed by atoms with Gasteiger partial charge in [0, 0.05) is 41.3 Å². The lowest BCUT2D eigenvalue weighted by molar-refractivity contribution is 0.102. The van der Waals surface area contributed by atoms with Crippen LogP contribution in [0.15, 0.2) is 55.2 Å². The molecule has 0 spiro atoms. The smallest absolute Gasteiger partial charge is 0.256 e. The molecular weight excluding hydrogens is 324 g/mol. The molecule has 5 heteroatoms. The Kier molecular flexibility index (Phi) is 5.14. The molecule has 0 aliphatic heterocycles. The van der Waals surface area contributed by atoms with Crippen molar-refractivity contribution in [1.82, 2.24) is 14.5 Å². The molecule has 2 heterocycles. The number of carbonyl (C=O) groups is 1. The van der Waals surface area contributed by atoms with Crippen molar-refractivity contribution in [2.24, 2.45) is 0 Å². The largest absolute Gasteiger partial charge is 0.333 e. The van der Waals surface area contributed by atoms with Crippen LogP contribution in [0.4, 0.5) is 5.82 Å². The first-order chi connectivity index (χ1) is 12.5. The zero-order valence-electron chi connectivity index (χ0n) is 15.0. The average molecular weight is 344 g/mol. The zero-order valence-corrected chi connectivity index (χ0v) is 15.0. The molecule has 130 valence electrons. The number of anilines is 1. The maximum atomic E-state index is 12.5. The van der Waals surface area contributed by atoms with E-state index in [1.54, 1.807) is 30.9 Å². The highest BCUT2D eigenvalue weighted by atomic mass is 16.1. The highest BCUT2D eigenvalue weighted by molar-refractivity contribution is 6.04. The number of nitrogens with one attached hydrogen (secondary N) is 1. The second-order valence-electron chi connectivity index (χ2n) is 6.28. The molecule has 1 amide bonds. The van der Waals surface area contributed by atoms with Crippen molar-refractivity contribution in [3.8, 4) is 11.8 Å². The summed E-state index contributed by atoms with van der Waals surface area (Å²) in [4.78, 5) is 20.8. The molecule has 0 atom stereocenters. The van der Waals surface area contributed by atoms with Crippen molar-refractivity contribution in [2.45, 2.75) is 26.8 Å². The molecule has 3 aromatic rings. The summed E-state index contributed by atoms with van der Waals surface area (Å²) in [6.07, 6.45) is 6.95. The summed E-state index contributed by atoms with van der Waals surface area (Å²) >= 11 is 0. The van der Waals surface area contributed by atoms with Gasteiger partial charge in [0.2, 0.25) is 0 Å². The maximum absolute atomic E-state index is 12.5. The molecule has 5 nitrogen and oxygen atoms in total. The number of pyridine rings is 1. The van der Waals surface area contributed by atoms with Crippen LogP contribution in [0.2, 0.25) is 0 Å². The van der Waals surface area contributed by atoms with E-state index in [1.807, 2.05) is 35.9 Å². The maximum Gasteiger partial charge on any atom is 0.256 e. The Bertz CT molecular complexity index is 978. The molecule has 0 aliphatic rings. The summed E-state index contributed by atoms with van der Waals surface area (Å²) in [6.45, 7) is 6.08. The van der Waals surface area contributed by atoms with Gasteiger partial charge in [-0.1, -0.05) is 17.9 Å². The highest BCUT2D eigenvalue weighted by Gasteiger charge is 2.10. The number of amides is 1. The minimum atomic E-state index is -0.205. The van der Waals surface area contributed by atoms with Crippen molar-refractivity contribution < 1.29 is 4.79 Å². The van der Waals surface area contributed by atoms with Gasteiger partial charge in [0.15, 0.2) is 5.82 Å². The fraction of sp³-hybridized carbons (Fsp3) is 0.190. The van der Waals surface area contributed by atoms with Crippen molar-refractivity contribution in [1.29, 1.82) is 0 Å². The Labute approximate surface area is 153 Å². The number of imidazole rings is 1. The van der Waals surface area contributed by atoms with E-state index in [-0.39, 0.29) is 5.91 Å². The van der Waals surface area contributed by atoms with Crippen LogP contribution in [0.25, 0.3) is 0 Å². The van der Waals surface area contributed by atoms with Gasteiger partial charge >= 0.3 is 0 Å². The third-order valence-corrected chi connectivity index (χ3v) is 3.94. The van der Waals surface area contributed by atoms with Crippen LogP contribution in [0, 0.1) is 18.8 Å². The molecule has 0 unspecified atom stereocenters. The summed E-state index contributed by atoms with van der Waals surface area (Å²) in [5.41, 5.74) is 3.21. The molecule has 0 saturated heterocycles. The van der Waals surface area contributed by atoms with Gasteiger partial charge in [0.05, 0.1) is 6.33 Å². The fourth-order valence-electron chi connectivity index (χ4n) is 2.35. The van der Waals surface area contributed by atoms with E-state index in [4.69, 9.17) is 0 Å². The van der Waals surface area contributed by atoms with Gasteiger partial charge in [0.25, 0.3) is 5.91 Å². The highest BCUT2D eigenvalue weighted by Crippen LogP contribution is 2.14. The van der Waals surface area contributed by atoms with E-state index in [1.165, 1.54) is 0 Å². The lowest BCUT2D eigenvalue weighted by Gasteiger charge is -2.06. The van der Waals surface area contributed by atoms with Crippen LogP contribution < -0.4 is 5.32 Å². The molecule has 1 N–H and O–H groups in total. The molecule has 26 heavy (non-hydrogen) atoms. The summed E-state index contributed by atoms with van der Waals surface area (Å²) in [7, 11) is 0. The first-order valence-electron chi connectivity index (χ1n) is 8.40. The molecule has 0 saturated carbocycles. The van der Waals surface area contributed by atoms with Gasteiger partial charge < -0.3 is 9.88 Å². The Hall–Kier alpha value is -3.39. The number of aryl methyl sites for hydroxylation is 1. The van der Waals surface area contributed by atoms with Gasteiger partial charge in [-0.3, -0.25) is 9.78 Å². The molecular formula is C21H20N4O. The lowest BCUT2D eigenvalue weighted by atomic mass is 10.0. The van der Waals surface area contributed by atoms with Gasteiger partial charge in [-0.25, -0.2) is 4.98 Å². The predicted octanol–water partition coefficient (Wildman–Crippen LogP) is 3.82. The standard InChI is InChI=1S/C21H20N4O/c1-15(2)25-13-20(23-14-25)24-21(26)19-8-6-16(3)18(11-19)9-7-17-5-4-10-22-12-17/h4-6,8,10-15H,1-3H3,(H,24,26). The van der Waals surface area contributed by atoms with Gasteiger partial charge in [0.1, 0.15) is 0 Å². The Balaban J connectivity index is 1.80. The summed E-state index contributed by atoms with van der Waals surface area (Å²) in [5, 5.41) is 2.82. The molecule has 2 aromatic heterocycles. The van der Waals surface area contributed by atoms with Gasteiger partial charge in [-0.15, -0.1) is 0 Å². The molecule has 0 fully saturated rings. The van der Waals surface area contributed by atoms with E-state index in [2.05, 4.69) is 41.0 Å². The second-order valence-corrected chi connectivity index (χ2v) is 6.28. The SMILES string of the molecule is Cc1ccc(C(=O)Nc2cn(C(C)C)cn2)cc1C#Cc1cccnc1. The third kappa shape index (κ3) is 4.17. The van der Waals surface area contributed by atoms with E-state index in [0.29, 0.717) is 17.4 Å². The van der Waals surface area contributed by atoms with Crippen LogP contribution >= 0.6 is 0 Å². The summed E-state index contributed by atoms with van der Waals surface area (Å²) in [6, 6.07) is 9.53. The predicted molar refractivity (Wildman–Crippen MR) is 102 cm³/mol. The first kappa shape index (κ1) is 17.4. The normalized spacial score (nSPS) is 10.3. The average Bonchev–Trinajstić information content (AvgIpc) is 3.10. The Morgan fingerprint density at radius 3 is 2.77 bits per heavy atom. The van der Waals surface area contributed by atoms with Crippen LogP contribution in [-0.2, 0) is 0 Å². The molecule has 3 rings (SSSR count). The van der Waals surface area contributed by atoms with E-state index >= 15 is 0 Å². The summed E-state index contributed by atoms with van der Waals surface area (Å²) in [5.74, 6) is 6.52. The van der Waals surface area contributed by atoms with Crippen molar-refractivity contribution in [3.05, 3.63) is 77.5 Å². The van der Waals surface area contributed by atoms with Crippen LogP contribution in [0.5, 0.6) is 0 Å². The number of hydrogen-bond acceptors (Lipinski definition) is 3.